The van der Waals surface area contributed by atoms with E-state index in [1.807, 2.05) is 0 Å². The largest absolute Gasteiger partial charge is 0.326 e. The van der Waals surface area contributed by atoms with Crippen molar-refractivity contribution in [2.45, 2.75) is 19.5 Å². The molecule has 0 atom stereocenters. The van der Waals surface area contributed by atoms with E-state index < -0.39 is 5.66 Å². The summed E-state index contributed by atoms with van der Waals surface area (Å²) in [6.07, 6.45) is 2.25. The standard InChI is InChI=1S/C11H16N2O2/c1-6-9(14)12-11(5,8(3)4)13-10(15)7-2/h6-7H,1-3H2,4-5H3,(H,12,14)(H,13,15). The first-order valence-electron chi connectivity index (χ1n) is 4.41. The van der Waals surface area contributed by atoms with Crippen molar-refractivity contribution in [1.82, 2.24) is 10.6 Å². The molecular weight excluding hydrogens is 192 g/mol. The van der Waals surface area contributed by atoms with Crippen LogP contribution < -0.4 is 10.6 Å². The van der Waals surface area contributed by atoms with Gasteiger partial charge in [0.25, 0.3) is 0 Å². The quantitative estimate of drug-likeness (QED) is 0.400. The molecule has 0 heterocycles. The second-order valence-electron chi connectivity index (χ2n) is 3.29. The maximum Gasteiger partial charge on any atom is 0.245 e. The van der Waals surface area contributed by atoms with E-state index in [1.54, 1.807) is 13.8 Å². The zero-order valence-electron chi connectivity index (χ0n) is 9.09. The Bertz CT molecular complexity index is 297. The molecule has 0 aromatic carbocycles. The van der Waals surface area contributed by atoms with E-state index in [9.17, 15) is 9.59 Å². The molecule has 0 saturated carbocycles. The molecule has 0 aromatic rings. The maximum atomic E-state index is 11.2. The Morgan fingerprint density at radius 1 is 1.13 bits per heavy atom. The van der Waals surface area contributed by atoms with Gasteiger partial charge in [-0.3, -0.25) is 9.59 Å². The third-order valence-corrected chi connectivity index (χ3v) is 1.97. The smallest absolute Gasteiger partial charge is 0.245 e. The number of rotatable bonds is 5. The molecule has 0 aliphatic rings. The van der Waals surface area contributed by atoms with Gasteiger partial charge in [0, 0.05) is 0 Å². The Balaban J connectivity index is 4.81. The minimum absolute atomic E-state index is 0.384. The van der Waals surface area contributed by atoms with Crippen LogP contribution in [0.5, 0.6) is 0 Å². The lowest BCUT2D eigenvalue weighted by Gasteiger charge is -2.31. The average molecular weight is 208 g/mol. The van der Waals surface area contributed by atoms with Gasteiger partial charge in [-0.1, -0.05) is 19.7 Å². The topological polar surface area (TPSA) is 58.2 Å². The molecule has 0 aliphatic carbocycles. The molecule has 2 amide bonds. The molecule has 15 heavy (non-hydrogen) atoms. The van der Waals surface area contributed by atoms with Gasteiger partial charge in [0.1, 0.15) is 5.66 Å². The number of carbonyl (C=O) groups excluding carboxylic acids is 2. The molecule has 0 fully saturated rings. The number of carbonyl (C=O) groups is 2. The summed E-state index contributed by atoms with van der Waals surface area (Å²) in [5.41, 5.74) is -0.385. The lowest BCUT2D eigenvalue weighted by atomic mass is 10.0. The predicted molar refractivity (Wildman–Crippen MR) is 59.9 cm³/mol. The Labute approximate surface area is 89.7 Å². The molecule has 0 bridgehead atoms. The minimum atomic E-state index is -0.990. The number of amides is 2. The monoisotopic (exact) mass is 208 g/mol. The molecule has 82 valence electrons. The summed E-state index contributed by atoms with van der Waals surface area (Å²) in [6.45, 7) is 13.7. The lowest BCUT2D eigenvalue weighted by Crippen LogP contribution is -2.58. The number of nitrogens with one attached hydrogen (secondary N) is 2. The van der Waals surface area contributed by atoms with Crippen LogP contribution >= 0.6 is 0 Å². The second kappa shape index (κ2) is 5.14. The number of hydrogen-bond donors (Lipinski definition) is 2. The van der Waals surface area contributed by atoms with Crippen molar-refractivity contribution in [2.24, 2.45) is 0 Å². The zero-order valence-corrected chi connectivity index (χ0v) is 9.09. The highest BCUT2D eigenvalue weighted by Gasteiger charge is 2.27. The normalized spacial score (nSPS) is 10.0. The van der Waals surface area contributed by atoms with Crippen molar-refractivity contribution in [3.8, 4) is 0 Å². The maximum absolute atomic E-state index is 11.2. The van der Waals surface area contributed by atoms with Gasteiger partial charge < -0.3 is 10.6 Å². The van der Waals surface area contributed by atoms with E-state index >= 15 is 0 Å². The fourth-order valence-corrected chi connectivity index (χ4v) is 0.839. The highest BCUT2D eigenvalue weighted by atomic mass is 16.2. The van der Waals surface area contributed by atoms with E-state index in [0.717, 1.165) is 12.2 Å². The van der Waals surface area contributed by atoms with Gasteiger partial charge in [0.05, 0.1) is 0 Å². The van der Waals surface area contributed by atoms with Crippen molar-refractivity contribution in [3.63, 3.8) is 0 Å². The van der Waals surface area contributed by atoms with Crippen molar-refractivity contribution < 1.29 is 9.59 Å². The molecule has 0 spiro atoms. The fourth-order valence-electron chi connectivity index (χ4n) is 0.839. The minimum Gasteiger partial charge on any atom is -0.326 e. The molecular formula is C11H16N2O2. The number of hydrogen-bond acceptors (Lipinski definition) is 2. The molecule has 4 nitrogen and oxygen atoms in total. The Hall–Kier alpha value is -1.84. The highest BCUT2D eigenvalue weighted by molar-refractivity contribution is 5.90. The fraction of sp³-hybridized carbons (Fsp3) is 0.273. The van der Waals surface area contributed by atoms with Gasteiger partial charge >= 0.3 is 0 Å². The summed E-state index contributed by atoms with van der Waals surface area (Å²) in [6, 6.07) is 0. The van der Waals surface area contributed by atoms with Gasteiger partial charge in [-0.25, -0.2) is 0 Å². The van der Waals surface area contributed by atoms with Crippen LogP contribution in [-0.4, -0.2) is 17.5 Å². The Morgan fingerprint density at radius 3 is 1.67 bits per heavy atom. The molecule has 0 rings (SSSR count). The highest BCUT2D eigenvalue weighted by Crippen LogP contribution is 2.10. The summed E-state index contributed by atoms with van der Waals surface area (Å²) in [5, 5.41) is 5.14. The van der Waals surface area contributed by atoms with Gasteiger partial charge in [-0.15, -0.1) is 0 Å². The first-order valence-corrected chi connectivity index (χ1v) is 4.41. The summed E-state index contributed by atoms with van der Waals surface area (Å²) in [5.74, 6) is -0.769. The molecule has 4 heteroatoms. The molecule has 0 aromatic heterocycles. The summed E-state index contributed by atoms with van der Waals surface area (Å²) in [7, 11) is 0. The van der Waals surface area contributed by atoms with Crippen molar-refractivity contribution in [3.05, 3.63) is 37.5 Å². The van der Waals surface area contributed by atoms with E-state index in [-0.39, 0.29) is 11.8 Å². The SMILES string of the molecule is C=CC(=O)NC(C)(NC(=O)C=C)C(=C)C. The second-order valence-corrected chi connectivity index (χ2v) is 3.29. The zero-order chi connectivity index (χ0) is 12.1. The van der Waals surface area contributed by atoms with E-state index in [2.05, 4.69) is 30.4 Å². The van der Waals surface area contributed by atoms with Crippen molar-refractivity contribution in [2.75, 3.05) is 0 Å². The van der Waals surface area contributed by atoms with E-state index in [1.165, 1.54) is 0 Å². The molecule has 0 saturated heterocycles. The Morgan fingerprint density at radius 2 is 1.47 bits per heavy atom. The molecule has 0 radical (unpaired) electrons. The third-order valence-electron chi connectivity index (χ3n) is 1.97. The molecule has 0 aliphatic heterocycles. The van der Waals surface area contributed by atoms with Crippen LogP contribution in [0.15, 0.2) is 37.5 Å². The van der Waals surface area contributed by atoms with Crippen molar-refractivity contribution >= 4 is 11.8 Å². The van der Waals surface area contributed by atoms with Gasteiger partial charge in [-0.05, 0) is 31.6 Å². The van der Waals surface area contributed by atoms with Crippen molar-refractivity contribution in [1.29, 1.82) is 0 Å². The molecule has 2 N–H and O–H groups in total. The van der Waals surface area contributed by atoms with Crippen LogP contribution in [0, 0.1) is 0 Å². The Kier molecular flexibility index (Phi) is 4.51. The van der Waals surface area contributed by atoms with E-state index in [4.69, 9.17) is 0 Å². The first kappa shape index (κ1) is 13.2. The van der Waals surface area contributed by atoms with Gasteiger partial charge in [0.15, 0.2) is 0 Å². The van der Waals surface area contributed by atoms with Crippen LogP contribution in [0.25, 0.3) is 0 Å². The summed E-state index contributed by atoms with van der Waals surface area (Å²) < 4.78 is 0. The van der Waals surface area contributed by atoms with Crippen LogP contribution in [0.1, 0.15) is 13.8 Å². The average Bonchev–Trinajstić information content (AvgIpc) is 2.16. The van der Waals surface area contributed by atoms with Gasteiger partial charge in [0.2, 0.25) is 11.8 Å². The summed E-state index contributed by atoms with van der Waals surface area (Å²) in [4.78, 5) is 22.3. The predicted octanol–water partition coefficient (Wildman–Crippen LogP) is 0.883. The van der Waals surface area contributed by atoms with E-state index in [0.29, 0.717) is 5.57 Å². The van der Waals surface area contributed by atoms with Crippen LogP contribution in [0.4, 0.5) is 0 Å². The first-order chi connectivity index (χ1) is 6.85. The third kappa shape index (κ3) is 3.81. The van der Waals surface area contributed by atoms with Crippen LogP contribution in [0.2, 0.25) is 0 Å². The van der Waals surface area contributed by atoms with Crippen LogP contribution in [-0.2, 0) is 9.59 Å². The van der Waals surface area contributed by atoms with Gasteiger partial charge in [-0.2, -0.15) is 0 Å². The van der Waals surface area contributed by atoms with Crippen LogP contribution in [0.3, 0.4) is 0 Å². The summed E-state index contributed by atoms with van der Waals surface area (Å²) >= 11 is 0. The molecule has 0 unspecified atom stereocenters. The lowest BCUT2D eigenvalue weighted by molar-refractivity contribution is -0.120.